The van der Waals surface area contributed by atoms with E-state index in [1.54, 1.807) is 6.92 Å². The lowest BCUT2D eigenvalue weighted by molar-refractivity contribution is -0.136. The van der Waals surface area contributed by atoms with E-state index in [4.69, 9.17) is 16.6 Å². The van der Waals surface area contributed by atoms with Gasteiger partial charge in [0.05, 0.1) is 12.0 Å². The van der Waals surface area contributed by atoms with Crippen molar-refractivity contribution in [2.24, 2.45) is 16.5 Å². The highest BCUT2D eigenvalue weighted by molar-refractivity contribution is 8.01. The fourth-order valence-electron chi connectivity index (χ4n) is 1.03. The molecule has 80 valence electrons. The number of carbonyl (C=O) groups is 1. The Hall–Kier alpha value is -0.790. The minimum Gasteiger partial charge on any atom is -0.480 e. The summed E-state index contributed by atoms with van der Waals surface area (Å²) >= 11 is 1.18. The summed E-state index contributed by atoms with van der Waals surface area (Å²) in [5.74, 6) is -0.406. The molecule has 0 aromatic rings. The van der Waals surface area contributed by atoms with E-state index in [0.29, 0.717) is 12.3 Å². The van der Waals surface area contributed by atoms with Crippen LogP contribution in [0.2, 0.25) is 0 Å². The molecule has 3 atom stereocenters. The first kappa shape index (κ1) is 11.3. The number of rotatable bonds is 3. The Morgan fingerprint density at radius 3 is 3.00 bits per heavy atom. The number of nitrogens with zero attached hydrogens (tertiary/aromatic N) is 1. The van der Waals surface area contributed by atoms with Crippen LogP contribution in [0.4, 0.5) is 0 Å². The predicted molar refractivity (Wildman–Crippen MR) is 55.8 cm³/mol. The Bertz CT molecular complexity index is 258. The third-order valence-corrected chi connectivity index (χ3v) is 2.86. The maximum Gasteiger partial charge on any atom is 0.316 e. The maximum atomic E-state index is 10.6. The molecule has 0 saturated carbocycles. The van der Waals surface area contributed by atoms with Crippen LogP contribution in [0.15, 0.2) is 4.99 Å². The van der Waals surface area contributed by atoms with E-state index >= 15 is 0 Å². The van der Waals surface area contributed by atoms with Gasteiger partial charge in [-0.05, 0) is 6.92 Å². The topological polar surface area (TPSA) is 114 Å². The molecule has 0 amide bonds. The molecule has 0 saturated heterocycles. The molecule has 0 aromatic carbocycles. The molecule has 1 aliphatic heterocycles. The average Bonchev–Trinajstić information content (AvgIpc) is 2.01. The van der Waals surface area contributed by atoms with Crippen molar-refractivity contribution in [3.05, 3.63) is 0 Å². The molecule has 0 aromatic heterocycles. The van der Waals surface area contributed by atoms with E-state index in [1.165, 1.54) is 11.8 Å². The van der Waals surface area contributed by atoms with Gasteiger partial charge in [-0.2, -0.15) is 0 Å². The van der Waals surface area contributed by atoms with Crippen LogP contribution in [-0.4, -0.2) is 33.8 Å². The number of nitrogens with one attached hydrogen (secondary N) is 1. The van der Waals surface area contributed by atoms with Gasteiger partial charge in [-0.25, -0.2) is 4.99 Å². The SMILES string of the molecule is CC(SC1N=C(N)CC(N)N1)C(=O)O. The van der Waals surface area contributed by atoms with Crippen LogP contribution in [0, 0.1) is 0 Å². The first-order chi connectivity index (χ1) is 6.49. The Balaban J connectivity index is 2.52. The molecular weight excluding hydrogens is 204 g/mol. The second-order valence-electron chi connectivity index (χ2n) is 3.07. The Morgan fingerprint density at radius 1 is 1.86 bits per heavy atom. The Morgan fingerprint density at radius 2 is 2.50 bits per heavy atom. The molecule has 1 rings (SSSR count). The van der Waals surface area contributed by atoms with Gasteiger partial charge in [0.25, 0.3) is 0 Å². The monoisotopic (exact) mass is 218 g/mol. The zero-order valence-electron chi connectivity index (χ0n) is 7.80. The lowest BCUT2D eigenvalue weighted by Gasteiger charge is -2.25. The fourth-order valence-corrected chi connectivity index (χ4v) is 1.98. The summed E-state index contributed by atoms with van der Waals surface area (Å²) in [5.41, 5.74) is 10.8. The van der Waals surface area contributed by atoms with Crippen LogP contribution in [0.3, 0.4) is 0 Å². The molecule has 3 unspecified atom stereocenters. The van der Waals surface area contributed by atoms with Gasteiger partial charge in [0, 0.05) is 6.42 Å². The van der Waals surface area contributed by atoms with E-state index in [-0.39, 0.29) is 11.7 Å². The number of hydrogen-bond acceptors (Lipinski definition) is 6. The average molecular weight is 218 g/mol. The second kappa shape index (κ2) is 4.63. The van der Waals surface area contributed by atoms with Gasteiger partial charge in [0.2, 0.25) is 0 Å². The van der Waals surface area contributed by atoms with Crippen molar-refractivity contribution in [3.63, 3.8) is 0 Å². The molecule has 1 heterocycles. The first-order valence-corrected chi connectivity index (χ1v) is 5.15. The van der Waals surface area contributed by atoms with Crippen molar-refractivity contribution < 1.29 is 9.90 Å². The number of carboxylic acid groups (broad SMARTS) is 1. The number of thioether (sulfide) groups is 1. The third kappa shape index (κ3) is 3.17. The second-order valence-corrected chi connectivity index (χ2v) is 4.49. The molecule has 0 aliphatic carbocycles. The summed E-state index contributed by atoms with van der Waals surface area (Å²) in [7, 11) is 0. The number of aliphatic carboxylic acids is 1. The largest absolute Gasteiger partial charge is 0.480 e. The standard InChI is InChI=1S/C7H14N4O2S/c1-3(6(12)13)14-7-10-4(8)2-5(9)11-7/h3-4,7,10H,2,8H2,1H3,(H2,9,11)(H,12,13). The number of amidine groups is 1. The third-order valence-electron chi connectivity index (χ3n) is 1.75. The highest BCUT2D eigenvalue weighted by Crippen LogP contribution is 2.19. The summed E-state index contributed by atoms with van der Waals surface area (Å²) in [6.07, 6.45) is 0.254. The van der Waals surface area contributed by atoms with Gasteiger partial charge in [0.15, 0.2) is 5.50 Å². The van der Waals surface area contributed by atoms with Gasteiger partial charge >= 0.3 is 5.97 Å². The van der Waals surface area contributed by atoms with Crippen LogP contribution < -0.4 is 16.8 Å². The minimum atomic E-state index is -0.871. The summed E-state index contributed by atoms with van der Waals surface area (Å²) < 4.78 is 0. The minimum absolute atomic E-state index is 0.244. The van der Waals surface area contributed by atoms with Gasteiger partial charge in [-0.1, -0.05) is 0 Å². The summed E-state index contributed by atoms with van der Waals surface area (Å²) in [5, 5.41) is 11.1. The van der Waals surface area contributed by atoms with Gasteiger partial charge in [-0.15, -0.1) is 11.8 Å². The van der Waals surface area contributed by atoms with E-state index in [0.717, 1.165) is 0 Å². The number of carboxylic acids is 1. The molecule has 6 N–H and O–H groups in total. The zero-order chi connectivity index (χ0) is 10.7. The van der Waals surface area contributed by atoms with Crippen molar-refractivity contribution in [1.82, 2.24) is 5.32 Å². The molecule has 0 fully saturated rings. The number of nitrogens with two attached hydrogens (primary N) is 2. The molecule has 0 radical (unpaired) electrons. The Kier molecular flexibility index (Phi) is 3.73. The molecule has 6 nitrogen and oxygen atoms in total. The van der Waals surface area contributed by atoms with E-state index in [1.807, 2.05) is 0 Å². The van der Waals surface area contributed by atoms with Crippen molar-refractivity contribution in [3.8, 4) is 0 Å². The van der Waals surface area contributed by atoms with Crippen molar-refractivity contribution in [1.29, 1.82) is 0 Å². The normalized spacial score (nSPS) is 29.4. The summed E-state index contributed by atoms with van der Waals surface area (Å²) in [4.78, 5) is 14.6. The zero-order valence-corrected chi connectivity index (χ0v) is 8.62. The van der Waals surface area contributed by atoms with Crippen molar-refractivity contribution in [2.75, 3.05) is 0 Å². The molecule has 7 heteroatoms. The lowest BCUT2D eigenvalue weighted by Crippen LogP contribution is -2.49. The van der Waals surface area contributed by atoms with Gasteiger partial charge in [-0.3, -0.25) is 10.1 Å². The molecular formula is C7H14N4O2S. The predicted octanol–water partition coefficient (Wildman–Crippen LogP) is -0.888. The van der Waals surface area contributed by atoms with Crippen LogP contribution in [0.5, 0.6) is 0 Å². The number of hydrogen-bond donors (Lipinski definition) is 4. The molecule has 1 aliphatic rings. The van der Waals surface area contributed by atoms with Crippen LogP contribution in [0.25, 0.3) is 0 Å². The first-order valence-electron chi connectivity index (χ1n) is 4.21. The van der Waals surface area contributed by atoms with Crippen molar-refractivity contribution in [2.45, 2.75) is 30.3 Å². The number of aliphatic imine (C=N–C) groups is 1. The van der Waals surface area contributed by atoms with E-state index in [2.05, 4.69) is 10.3 Å². The van der Waals surface area contributed by atoms with Crippen LogP contribution in [-0.2, 0) is 4.79 Å². The summed E-state index contributed by atoms with van der Waals surface area (Å²) in [6, 6.07) is 0. The highest BCUT2D eigenvalue weighted by atomic mass is 32.2. The Labute approximate surface area is 86.1 Å². The summed E-state index contributed by atoms with van der Waals surface area (Å²) in [6.45, 7) is 1.60. The molecule has 0 bridgehead atoms. The maximum absolute atomic E-state index is 10.6. The molecule has 0 spiro atoms. The van der Waals surface area contributed by atoms with E-state index in [9.17, 15) is 4.79 Å². The highest BCUT2D eigenvalue weighted by Gasteiger charge is 2.23. The quantitative estimate of drug-likeness (QED) is 0.489. The van der Waals surface area contributed by atoms with Crippen molar-refractivity contribution >= 4 is 23.6 Å². The molecule has 14 heavy (non-hydrogen) atoms. The van der Waals surface area contributed by atoms with E-state index < -0.39 is 11.2 Å². The van der Waals surface area contributed by atoms with Crippen LogP contribution in [0.1, 0.15) is 13.3 Å². The van der Waals surface area contributed by atoms with Gasteiger partial charge in [0.1, 0.15) is 5.25 Å². The lowest BCUT2D eigenvalue weighted by atomic mass is 10.3. The fraction of sp³-hybridized carbons (Fsp3) is 0.714. The smallest absolute Gasteiger partial charge is 0.316 e. The van der Waals surface area contributed by atoms with Crippen LogP contribution >= 0.6 is 11.8 Å². The van der Waals surface area contributed by atoms with Gasteiger partial charge < -0.3 is 16.6 Å².